The molecule has 7 heteroatoms. The number of nitrogens with zero attached hydrogens (tertiary/aromatic N) is 2. The molecule has 1 N–H and O–H groups in total. The predicted octanol–water partition coefficient (Wildman–Crippen LogP) is 2.57. The maximum atomic E-state index is 13.1. The SMILES string of the molecule is O=C1NC2(CCCCC2)C(=O)N1CC(=O)N(Cc1ccc(F)cc1)C1CC1. The molecular weight excluding hydrogens is 349 g/mol. The standard InChI is InChI=1S/C20H24FN3O3/c21-15-6-4-14(5-7-15)12-23(16-8-9-16)17(25)13-24-18(26)20(22-19(24)27)10-2-1-3-11-20/h4-7,16H,1-3,8-13H2,(H,22,27). The average molecular weight is 373 g/mol. The first-order chi connectivity index (χ1) is 13.0. The molecule has 3 fully saturated rings. The molecule has 2 aliphatic carbocycles. The Morgan fingerprint density at radius 3 is 2.44 bits per heavy atom. The molecule has 1 heterocycles. The number of carbonyl (C=O) groups is 3. The second kappa shape index (κ2) is 6.94. The summed E-state index contributed by atoms with van der Waals surface area (Å²) in [6.07, 6.45) is 6.00. The monoisotopic (exact) mass is 373 g/mol. The summed E-state index contributed by atoms with van der Waals surface area (Å²) >= 11 is 0. The van der Waals surface area contributed by atoms with Crippen molar-refractivity contribution in [2.24, 2.45) is 0 Å². The molecule has 1 aliphatic heterocycles. The lowest BCUT2D eigenvalue weighted by atomic mass is 9.82. The molecule has 2 saturated carbocycles. The number of amides is 4. The van der Waals surface area contributed by atoms with Gasteiger partial charge in [0, 0.05) is 12.6 Å². The molecule has 0 aromatic heterocycles. The van der Waals surface area contributed by atoms with Crippen LogP contribution in [0.4, 0.5) is 9.18 Å². The van der Waals surface area contributed by atoms with E-state index >= 15 is 0 Å². The maximum Gasteiger partial charge on any atom is 0.325 e. The lowest BCUT2D eigenvalue weighted by Gasteiger charge is -2.30. The van der Waals surface area contributed by atoms with Gasteiger partial charge in [-0.2, -0.15) is 0 Å². The summed E-state index contributed by atoms with van der Waals surface area (Å²) in [5.74, 6) is -0.823. The van der Waals surface area contributed by atoms with Gasteiger partial charge in [-0.3, -0.25) is 14.5 Å². The van der Waals surface area contributed by atoms with E-state index in [1.807, 2.05) is 0 Å². The van der Waals surface area contributed by atoms with E-state index in [9.17, 15) is 18.8 Å². The lowest BCUT2D eigenvalue weighted by molar-refractivity contribution is -0.140. The topological polar surface area (TPSA) is 69.7 Å². The summed E-state index contributed by atoms with van der Waals surface area (Å²) in [6.45, 7) is 0.128. The summed E-state index contributed by atoms with van der Waals surface area (Å²) in [6, 6.07) is 5.72. The number of urea groups is 1. The molecular formula is C20H24FN3O3. The van der Waals surface area contributed by atoms with Crippen molar-refractivity contribution >= 4 is 17.8 Å². The number of hydrogen-bond donors (Lipinski definition) is 1. The van der Waals surface area contributed by atoms with Crippen LogP contribution in [0.3, 0.4) is 0 Å². The fraction of sp³-hybridized carbons (Fsp3) is 0.550. The highest BCUT2D eigenvalue weighted by atomic mass is 19.1. The fourth-order valence-corrected chi connectivity index (χ4v) is 4.13. The van der Waals surface area contributed by atoms with Crippen LogP contribution in [0.2, 0.25) is 0 Å². The van der Waals surface area contributed by atoms with Gasteiger partial charge in [0.2, 0.25) is 5.91 Å². The summed E-state index contributed by atoms with van der Waals surface area (Å²) in [5.41, 5.74) is 0.0226. The Balaban J connectivity index is 1.45. The molecule has 1 spiro atoms. The molecule has 4 amide bonds. The van der Waals surface area contributed by atoms with Crippen LogP contribution in [0.15, 0.2) is 24.3 Å². The van der Waals surface area contributed by atoms with Crippen LogP contribution < -0.4 is 5.32 Å². The van der Waals surface area contributed by atoms with Crippen molar-refractivity contribution in [2.75, 3.05) is 6.54 Å². The van der Waals surface area contributed by atoms with E-state index in [0.717, 1.165) is 42.6 Å². The Morgan fingerprint density at radius 1 is 1.15 bits per heavy atom. The third-order valence-corrected chi connectivity index (χ3v) is 5.82. The Labute approximate surface area is 157 Å². The first-order valence-electron chi connectivity index (χ1n) is 9.66. The summed E-state index contributed by atoms with van der Waals surface area (Å²) in [7, 11) is 0. The zero-order valence-electron chi connectivity index (χ0n) is 15.2. The van der Waals surface area contributed by atoms with Gasteiger partial charge >= 0.3 is 6.03 Å². The quantitative estimate of drug-likeness (QED) is 0.807. The second-order valence-electron chi connectivity index (χ2n) is 7.84. The largest absolute Gasteiger partial charge is 0.334 e. The molecule has 1 aromatic rings. The van der Waals surface area contributed by atoms with Gasteiger partial charge in [-0.15, -0.1) is 0 Å². The molecule has 27 heavy (non-hydrogen) atoms. The van der Waals surface area contributed by atoms with E-state index in [1.165, 1.54) is 12.1 Å². The van der Waals surface area contributed by atoms with Crippen LogP contribution in [0, 0.1) is 5.82 Å². The molecule has 0 unspecified atom stereocenters. The molecule has 0 atom stereocenters. The van der Waals surface area contributed by atoms with Gasteiger partial charge < -0.3 is 10.2 Å². The van der Waals surface area contributed by atoms with Crippen molar-refractivity contribution < 1.29 is 18.8 Å². The summed E-state index contributed by atoms with van der Waals surface area (Å²) < 4.78 is 13.1. The maximum absolute atomic E-state index is 13.1. The van der Waals surface area contributed by atoms with E-state index in [4.69, 9.17) is 0 Å². The number of rotatable bonds is 5. The lowest BCUT2D eigenvalue weighted by Crippen LogP contribution is -2.49. The highest BCUT2D eigenvalue weighted by Crippen LogP contribution is 2.34. The normalized spacial score (nSPS) is 21.4. The van der Waals surface area contributed by atoms with Crippen molar-refractivity contribution in [1.82, 2.24) is 15.1 Å². The van der Waals surface area contributed by atoms with E-state index in [1.54, 1.807) is 17.0 Å². The Hall–Kier alpha value is -2.44. The van der Waals surface area contributed by atoms with Crippen molar-refractivity contribution in [3.05, 3.63) is 35.6 Å². The smallest absolute Gasteiger partial charge is 0.325 e. The number of nitrogens with one attached hydrogen (secondary N) is 1. The molecule has 4 rings (SSSR count). The van der Waals surface area contributed by atoms with Gasteiger partial charge in [0.25, 0.3) is 5.91 Å². The van der Waals surface area contributed by atoms with E-state index in [2.05, 4.69) is 5.32 Å². The Kier molecular flexibility index (Phi) is 4.61. The van der Waals surface area contributed by atoms with Crippen LogP contribution in [0.5, 0.6) is 0 Å². The highest BCUT2D eigenvalue weighted by Gasteiger charge is 2.52. The van der Waals surface area contributed by atoms with Crippen LogP contribution in [-0.2, 0) is 16.1 Å². The molecule has 0 radical (unpaired) electrons. The number of carbonyl (C=O) groups excluding carboxylic acids is 3. The minimum Gasteiger partial charge on any atom is -0.334 e. The predicted molar refractivity (Wildman–Crippen MR) is 96.0 cm³/mol. The minimum absolute atomic E-state index is 0.131. The molecule has 6 nitrogen and oxygen atoms in total. The Morgan fingerprint density at radius 2 is 1.81 bits per heavy atom. The molecule has 1 aromatic carbocycles. The zero-order chi connectivity index (χ0) is 19.0. The van der Waals surface area contributed by atoms with Crippen molar-refractivity contribution in [1.29, 1.82) is 0 Å². The molecule has 144 valence electrons. The first kappa shape index (κ1) is 17.9. The number of benzene rings is 1. The van der Waals surface area contributed by atoms with Crippen molar-refractivity contribution in [2.45, 2.75) is 63.1 Å². The number of hydrogen-bond acceptors (Lipinski definition) is 3. The summed E-state index contributed by atoms with van der Waals surface area (Å²) in [4.78, 5) is 40.9. The van der Waals surface area contributed by atoms with E-state index in [-0.39, 0.29) is 30.2 Å². The molecule has 3 aliphatic rings. The average Bonchev–Trinajstić information content (AvgIpc) is 3.47. The Bertz CT molecular complexity index is 754. The minimum atomic E-state index is -0.809. The third-order valence-electron chi connectivity index (χ3n) is 5.82. The van der Waals surface area contributed by atoms with Crippen LogP contribution >= 0.6 is 0 Å². The highest BCUT2D eigenvalue weighted by molar-refractivity contribution is 6.09. The zero-order valence-corrected chi connectivity index (χ0v) is 15.2. The fourth-order valence-electron chi connectivity index (χ4n) is 4.13. The van der Waals surface area contributed by atoms with Gasteiger partial charge in [0.1, 0.15) is 17.9 Å². The van der Waals surface area contributed by atoms with Gasteiger partial charge in [-0.1, -0.05) is 31.4 Å². The second-order valence-corrected chi connectivity index (χ2v) is 7.84. The first-order valence-corrected chi connectivity index (χ1v) is 9.66. The third kappa shape index (κ3) is 3.55. The van der Waals surface area contributed by atoms with Gasteiger partial charge in [0.05, 0.1) is 0 Å². The van der Waals surface area contributed by atoms with Gasteiger partial charge in [-0.25, -0.2) is 9.18 Å². The number of halogens is 1. The van der Waals surface area contributed by atoms with Crippen LogP contribution in [-0.4, -0.2) is 45.8 Å². The van der Waals surface area contributed by atoms with E-state index < -0.39 is 11.6 Å². The van der Waals surface area contributed by atoms with Crippen LogP contribution in [0.25, 0.3) is 0 Å². The van der Waals surface area contributed by atoms with Gasteiger partial charge in [0.15, 0.2) is 0 Å². The van der Waals surface area contributed by atoms with Crippen molar-refractivity contribution in [3.8, 4) is 0 Å². The van der Waals surface area contributed by atoms with Crippen molar-refractivity contribution in [3.63, 3.8) is 0 Å². The number of imide groups is 1. The van der Waals surface area contributed by atoms with E-state index in [0.29, 0.717) is 19.4 Å². The van der Waals surface area contributed by atoms with Crippen LogP contribution in [0.1, 0.15) is 50.5 Å². The molecule has 0 bridgehead atoms. The van der Waals surface area contributed by atoms with Gasteiger partial charge in [-0.05, 0) is 43.4 Å². The molecule has 1 saturated heterocycles. The summed E-state index contributed by atoms with van der Waals surface area (Å²) in [5, 5.41) is 2.84.